The van der Waals surface area contributed by atoms with Crippen molar-refractivity contribution >= 4 is 20.4 Å². The van der Waals surface area contributed by atoms with Gasteiger partial charge in [0, 0.05) is 0 Å². The van der Waals surface area contributed by atoms with Gasteiger partial charge in [-0.2, -0.15) is 0 Å². The van der Waals surface area contributed by atoms with E-state index in [1.165, 1.54) is 0 Å². The lowest BCUT2D eigenvalue weighted by Gasteiger charge is -2.07. The number of carboxylic acids is 2. The number of aliphatic carboxylic acids is 2. The van der Waals surface area contributed by atoms with E-state index < -0.39 is 24.1 Å². The number of carboxylic acid groups (broad SMARTS) is 2. The maximum atomic E-state index is 9.77. The second kappa shape index (κ2) is 4.70. The Hall–Kier alpha value is -1.08. The molecular formula is C4H9BO6. The van der Waals surface area contributed by atoms with E-state index in [1.807, 2.05) is 0 Å². The minimum absolute atomic E-state index is 0. The summed E-state index contributed by atoms with van der Waals surface area (Å²) in [6.45, 7) is 0. The van der Waals surface area contributed by atoms with Crippen LogP contribution in [0, 0.1) is 0 Å². The van der Waals surface area contributed by atoms with Gasteiger partial charge in [-0.15, -0.1) is 0 Å². The van der Waals surface area contributed by atoms with Crippen molar-refractivity contribution in [3.63, 3.8) is 0 Å². The Bertz CT molecular complexity index is 139. The molecule has 64 valence electrons. The van der Waals surface area contributed by atoms with Crippen molar-refractivity contribution in [3.05, 3.63) is 0 Å². The summed E-state index contributed by atoms with van der Waals surface area (Å²) >= 11 is 0. The lowest BCUT2D eigenvalue weighted by molar-refractivity contribution is -0.165. The monoisotopic (exact) mass is 164 g/mol. The first-order chi connectivity index (χ1) is 4.46. The van der Waals surface area contributed by atoms with E-state index in [4.69, 9.17) is 20.4 Å². The molecule has 0 saturated carbocycles. The van der Waals surface area contributed by atoms with E-state index in [0.29, 0.717) is 0 Å². The zero-order chi connectivity index (χ0) is 8.31. The highest BCUT2D eigenvalue weighted by Crippen LogP contribution is 1.92. The Kier molecular flexibility index (Phi) is 5.37. The quantitative estimate of drug-likeness (QED) is 0.324. The average Bonchev–Trinajstić information content (AvgIpc) is 1.84. The highest BCUT2D eigenvalue weighted by atomic mass is 16.4. The molecule has 6 nitrogen and oxygen atoms in total. The Labute approximate surface area is 63.7 Å². The van der Waals surface area contributed by atoms with Gasteiger partial charge in [-0.3, -0.25) is 0 Å². The van der Waals surface area contributed by atoms with Gasteiger partial charge in [-0.1, -0.05) is 0 Å². The van der Waals surface area contributed by atoms with Gasteiger partial charge in [-0.25, -0.2) is 9.59 Å². The highest BCUT2D eigenvalue weighted by Gasteiger charge is 2.29. The van der Waals surface area contributed by atoms with Crippen molar-refractivity contribution in [2.24, 2.45) is 0 Å². The fraction of sp³-hybridized carbons (Fsp3) is 0.500. The van der Waals surface area contributed by atoms with Crippen molar-refractivity contribution in [2.45, 2.75) is 12.2 Å². The van der Waals surface area contributed by atoms with Crippen LogP contribution in [0.25, 0.3) is 0 Å². The van der Waals surface area contributed by atoms with Crippen LogP contribution in [-0.4, -0.2) is 53.0 Å². The molecule has 4 N–H and O–H groups in total. The molecule has 0 aliphatic rings. The van der Waals surface area contributed by atoms with E-state index in [1.54, 1.807) is 0 Å². The molecular weight excluding hydrogens is 155 g/mol. The molecule has 0 amide bonds. The van der Waals surface area contributed by atoms with Crippen molar-refractivity contribution in [1.29, 1.82) is 0 Å². The van der Waals surface area contributed by atoms with Gasteiger partial charge in [0.25, 0.3) is 0 Å². The molecule has 0 aromatic rings. The molecule has 2 unspecified atom stereocenters. The summed E-state index contributed by atoms with van der Waals surface area (Å²) in [5.41, 5.74) is 0. The van der Waals surface area contributed by atoms with E-state index in [9.17, 15) is 9.59 Å². The van der Waals surface area contributed by atoms with Gasteiger partial charge in [0.15, 0.2) is 12.2 Å². The minimum Gasteiger partial charge on any atom is -0.479 e. The molecule has 0 rings (SSSR count). The molecule has 0 aromatic carbocycles. The Balaban J connectivity index is 0. The number of hydrogen-bond donors (Lipinski definition) is 4. The summed E-state index contributed by atoms with van der Waals surface area (Å²) in [5.74, 6) is -3.54. The lowest BCUT2D eigenvalue weighted by Crippen LogP contribution is -2.39. The minimum atomic E-state index is -2.27. The summed E-state index contributed by atoms with van der Waals surface area (Å²) in [6, 6.07) is 0. The van der Waals surface area contributed by atoms with Gasteiger partial charge in [0.2, 0.25) is 0 Å². The fourth-order valence-electron chi connectivity index (χ4n) is 0.270. The zero-order valence-electron chi connectivity index (χ0n) is 4.76. The molecule has 0 saturated heterocycles. The maximum Gasteiger partial charge on any atom is 0.335 e. The normalized spacial score (nSPS) is 14.4. The first-order valence-corrected chi connectivity index (χ1v) is 2.28. The molecule has 0 aliphatic carbocycles. The molecule has 7 heteroatoms. The predicted octanol–water partition coefficient (Wildman–Crippen LogP) is -3.31. The topological polar surface area (TPSA) is 115 Å². The van der Waals surface area contributed by atoms with Crippen LogP contribution in [0.5, 0.6) is 0 Å². The Morgan fingerprint density at radius 3 is 1.18 bits per heavy atom. The van der Waals surface area contributed by atoms with Crippen molar-refractivity contribution < 1.29 is 30.0 Å². The van der Waals surface area contributed by atoms with Crippen LogP contribution in [0.15, 0.2) is 0 Å². The van der Waals surface area contributed by atoms with Crippen molar-refractivity contribution in [3.8, 4) is 0 Å². The number of hydrogen-bond acceptors (Lipinski definition) is 4. The van der Waals surface area contributed by atoms with E-state index >= 15 is 0 Å². The van der Waals surface area contributed by atoms with Crippen molar-refractivity contribution in [2.75, 3.05) is 0 Å². The van der Waals surface area contributed by atoms with Crippen LogP contribution in [0.2, 0.25) is 0 Å². The Morgan fingerprint density at radius 2 is 1.09 bits per heavy atom. The summed E-state index contributed by atoms with van der Waals surface area (Å²) in [7, 11) is 0. The van der Waals surface area contributed by atoms with Crippen LogP contribution < -0.4 is 0 Å². The molecule has 0 heterocycles. The second-order valence-electron chi connectivity index (χ2n) is 1.57. The third-order valence-corrected chi connectivity index (χ3v) is 0.805. The number of aliphatic hydroxyl groups excluding tert-OH is 2. The third kappa shape index (κ3) is 3.59. The zero-order valence-corrected chi connectivity index (χ0v) is 4.76. The van der Waals surface area contributed by atoms with Crippen LogP contribution >= 0.6 is 0 Å². The smallest absolute Gasteiger partial charge is 0.335 e. The predicted molar refractivity (Wildman–Crippen MR) is 37.2 cm³/mol. The molecule has 2 atom stereocenters. The first-order valence-electron chi connectivity index (χ1n) is 2.28. The number of rotatable bonds is 3. The second-order valence-corrected chi connectivity index (χ2v) is 1.57. The summed E-state index contributed by atoms with van der Waals surface area (Å²) < 4.78 is 0. The fourth-order valence-corrected chi connectivity index (χ4v) is 0.270. The van der Waals surface area contributed by atoms with Gasteiger partial charge in [0.05, 0.1) is 8.41 Å². The van der Waals surface area contributed by atoms with Gasteiger partial charge in [-0.05, 0) is 0 Å². The number of aliphatic hydroxyl groups is 2. The summed E-state index contributed by atoms with van der Waals surface area (Å²) in [4.78, 5) is 19.5. The first kappa shape index (κ1) is 12.6. The summed E-state index contributed by atoms with van der Waals surface area (Å²) in [5, 5.41) is 32.5. The lowest BCUT2D eigenvalue weighted by atomic mass is 10.2. The molecule has 0 fully saturated rings. The largest absolute Gasteiger partial charge is 0.479 e. The van der Waals surface area contributed by atoms with Gasteiger partial charge >= 0.3 is 11.9 Å². The average molecular weight is 164 g/mol. The van der Waals surface area contributed by atoms with E-state index in [2.05, 4.69) is 0 Å². The molecule has 0 bridgehead atoms. The molecule has 0 aromatic heterocycles. The highest BCUT2D eigenvalue weighted by molar-refractivity contribution is 5.83. The van der Waals surface area contributed by atoms with Gasteiger partial charge < -0.3 is 20.4 Å². The standard InChI is InChI=1S/C4H6O6.BH3/c5-1(3(7)8)2(6)4(9)10;/h1-2,5-6H,(H,7,8)(H,9,10);1H3. The van der Waals surface area contributed by atoms with Crippen LogP contribution in [-0.2, 0) is 9.59 Å². The molecule has 0 spiro atoms. The Morgan fingerprint density at radius 1 is 0.909 bits per heavy atom. The van der Waals surface area contributed by atoms with Crippen LogP contribution in [0.4, 0.5) is 0 Å². The third-order valence-electron chi connectivity index (χ3n) is 0.805. The van der Waals surface area contributed by atoms with E-state index in [-0.39, 0.29) is 8.41 Å². The summed E-state index contributed by atoms with van der Waals surface area (Å²) in [6.07, 6.45) is -4.53. The molecule has 11 heavy (non-hydrogen) atoms. The van der Waals surface area contributed by atoms with E-state index in [0.717, 1.165) is 0 Å². The SMILES string of the molecule is B.O=C(O)C(O)C(O)C(=O)O. The van der Waals surface area contributed by atoms with Crippen LogP contribution in [0.3, 0.4) is 0 Å². The van der Waals surface area contributed by atoms with Crippen LogP contribution in [0.1, 0.15) is 0 Å². The maximum absolute atomic E-state index is 9.77. The van der Waals surface area contributed by atoms with Gasteiger partial charge in [0.1, 0.15) is 0 Å². The number of carbonyl (C=O) groups is 2. The molecule has 0 radical (unpaired) electrons. The van der Waals surface area contributed by atoms with Crippen molar-refractivity contribution in [1.82, 2.24) is 0 Å². The molecule has 0 aliphatic heterocycles.